The second-order valence-corrected chi connectivity index (χ2v) is 9.13. The summed E-state index contributed by atoms with van der Waals surface area (Å²) in [6.45, 7) is 5.81. The summed E-state index contributed by atoms with van der Waals surface area (Å²) >= 11 is 13.8. The third-order valence-corrected chi connectivity index (χ3v) is 6.62. The summed E-state index contributed by atoms with van der Waals surface area (Å²) in [4.78, 5) is 27.3. The molecule has 0 aromatic heterocycles. The lowest BCUT2D eigenvalue weighted by Gasteiger charge is -2.29. The average Bonchev–Trinajstić information content (AvgIpc) is 2.74. The van der Waals surface area contributed by atoms with Crippen LogP contribution in [0, 0.1) is 5.82 Å². The van der Waals surface area contributed by atoms with Gasteiger partial charge in [0.2, 0.25) is 11.8 Å². The van der Waals surface area contributed by atoms with Crippen LogP contribution in [0.5, 0.6) is 0 Å². The fourth-order valence-corrected chi connectivity index (χ4v) is 4.48. The Morgan fingerprint density at radius 1 is 1.10 bits per heavy atom. The molecule has 8 heteroatoms. The third-order valence-electron chi connectivity index (χ3n) is 4.97. The molecule has 0 bridgehead atoms. The first-order chi connectivity index (χ1) is 14.7. The molecule has 2 aromatic carbocycles. The highest BCUT2D eigenvalue weighted by molar-refractivity contribution is 7.99. The molecular weight excluding hydrogens is 458 g/mol. The number of benzene rings is 2. The number of hydrogen-bond donors (Lipinski definition) is 1. The predicted octanol–water partition coefficient (Wildman–Crippen LogP) is 5.70. The molecule has 2 amide bonds. The summed E-state index contributed by atoms with van der Waals surface area (Å²) in [6, 6.07) is 10.5. The maximum absolute atomic E-state index is 13.3. The molecule has 2 rings (SSSR count). The van der Waals surface area contributed by atoms with Crippen molar-refractivity contribution in [1.82, 2.24) is 10.2 Å². The molecule has 0 aliphatic heterocycles. The number of carbonyl (C=O) groups is 2. The second kappa shape index (κ2) is 12.3. The Morgan fingerprint density at radius 3 is 2.29 bits per heavy atom. The maximum atomic E-state index is 13.3. The van der Waals surface area contributed by atoms with E-state index < -0.39 is 6.04 Å². The Morgan fingerprint density at radius 2 is 1.71 bits per heavy atom. The zero-order valence-corrected chi connectivity index (χ0v) is 20.2. The van der Waals surface area contributed by atoms with Gasteiger partial charge in [0.1, 0.15) is 11.9 Å². The molecule has 0 saturated heterocycles. The van der Waals surface area contributed by atoms with E-state index in [4.69, 9.17) is 23.2 Å². The largest absolute Gasteiger partial charge is 0.352 e. The number of rotatable bonds is 10. The van der Waals surface area contributed by atoms with Gasteiger partial charge in [0.05, 0.1) is 5.75 Å². The van der Waals surface area contributed by atoms with Crippen molar-refractivity contribution in [3.63, 3.8) is 0 Å². The van der Waals surface area contributed by atoms with Crippen LogP contribution in [0.1, 0.15) is 38.3 Å². The smallest absolute Gasteiger partial charge is 0.242 e. The predicted molar refractivity (Wildman–Crippen MR) is 127 cm³/mol. The van der Waals surface area contributed by atoms with E-state index in [0.29, 0.717) is 15.8 Å². The molecule has 0 heterocycles. The number of carbonyl (C=O) groups excluding carboxylic acids is 2. The minimum Gasteiger partial charge on any atom is -0.352 e. The van der Waals surface area contributed by atoms with Crippen molar-refractivity contribution in [3.05, 3.63) is 69.5 Å². The molecule has 31 heavy (non-hydrogen) atoms. The normalized spacial score (nSPS) is 12.8. The van der Waals surface area contributed by atoms with Crippen LogP contribution in [0.4, 0.5) is 4.39 Å². The van der Waals surface area contributed by atoms with E-state index >= 15 is 0 Å². The summed E-state index contributed by atoms with van der Waals surface area (Å²) in [6.07, 6.45) is 0.790. The van der Waals surface area contributed by atoms with Gasteiger partial charge >= 0.3 is 0 Å². The topological polar surface area (TPSA) is 49.4 Å². The standard InChI is InChI=1S/C23H27Cl2FN2O2S/c1-4-15(2)27-23(30)16(3)28(12-17-8-10-18(26)11-9-17)22(29)14-31-13-19-20(24)6-5-7-21(19)25/h5-11,15-16H,4,12-14H2,1-3H3,(H,27,30)/t15-,16+/m0/s1. The van der Waals surface area contributed by atoms with Crippen molar-refractivity contribution in [3.8, 4) is 0 Å². The summed E-state index contributed by atoms with van der Waals surface area (Å²) in [5.41, 5.74) is 1.52. The number of amides is 2. The number of nitrogens with zero attached hydrogens (tertiary/aromatic N) is 1. The van der Waals surface area contributed by atoms with Crippen molar-refractivity contribution in [2.24, 2.45) is 0 Å². The second-order valence-electron chi connectivity index (χ2n) is 7.33. The summed E-state index contributed by atoms with van der Waals surface area (Å²) in [5, 5.41) is 4.03. The van der Waals surface area contributed by atoms with Crippen LogP contribution < -0.4 is 5.32 Å². The fraction of sp³-hybridized carbons (Fsp3) is 0.391. The number of thioether (sulfide) groups is 1. The van der Waals surface area contributed by atoms with Gasteiger partial charge in [-0.2, -0.15) is 0 Å². The minimum absolute atomic E-state index is 0.00876. The molecule has 0 radical (unpaired) electrons. The first kappa shape index (κ1) is 25.5. The maximum Gasteiger partial charge on any atom is 0.242 e. The zero-order chi connectivity index (χ0) is 23.0. The van der Waals surface area contributed by atoms with Gasteiger partial charge in [-0.05, 0) is 55.7 Å². The molecule has 0 fully saturated rings. The number of halogens is 3. The zero-order valence-electron chi connectivity index (χ0n) is 17.8. The number of hydrogen-bond acceptors (Lipinski definition) is 3. The van der Waals surface area contributed by atoms with E-state index in [9.17, 15) is 14.0 Å². The van der Waals surface area contributed by atoms with E-state index in [1.165, 1.54) is 28.8 Å². The highest BCUT2D eigenvalue weighted by Gasteiger charge is 2.26. The highest BCUT2D eigenvalue weighted by Crippen LogP contribution is 2.28. The van der Waals surface area contributed by atoms with E-state index in [1.807, 2.05) is 13.8 Å². The molecule has 2 atom stereocenters. The van der Waals surface area contributed by atoms with Gasteiger partial charge in [0.25, 0.3) is 0 Å². The summed E-state index contributed by atoms with van der Waals surface area (Å²) < 4.78 is 13.3. The van der Waals surface area contributed by atoms with Gasteiger partial charge in [-0.3, -0.25) is 9.59 Å². The molecule has 1 N–H and O–H groups in total. The van der Waals surface area contributed by atoms with Gasteiger partial charge in [0, 0.05) is 28.4 Å². The van der Waals surface area contributed by atoms with Crippen molar-refractivity contribution >= 4 is 46.8 Å². The molecule has 0 saturated carbocycles. The quantitative estimate of drug-likeness (QED) is 0.470. The van der Waals surface area contributed by atoms with Crippen LogP contribution in [0.3, 0.4) is 0 Å². The summed E-state index contributed by atoms with van der Waals surface area (Å²) in [7, 11) is 0. The Hall–Kier alpha value is -1.76. The average molecular weight is 485 g/mol. The molecule has 0 unspecified atom stereocenters. The first-order valence-corrected chi connectivity index (χ1v) is 12.0. The van der Waals surface area contributed by atoms with Crippen LogP contribution in [0.15, 0.2) is 42.5 Å². The Labute approximate surface area is 197 Å². The van der Waals surface area contributed by atoms with Crippen LogP contribution >= 0.6 is 35.0 Å². The third kappa shape index (κ3) is 7.70. The molecule has 0 aliphatic rings. The van der Waals surface area contributed by atoms with E-state index in [0.717, 1.165) is 17.5 Å². The van der Waals surface area contributed by atoms with Gasteiger partial charge in [-0.25, -0.2) is 4.39 Å². The lowest BCUT2D eigenvalue weighted by molar-refractivity contribution is -0.138. The lowest BCUT2D eigenvalue weighted by atomic mass is 10.1. The van der Waals surface area contributed by atoms with E-state index in [1.54, 1.807) is 37.3 Å². The van der Waals surface area contributed by atoms with E-state index in [-0.39, 0.29) is 36.0 Å². The monoisotopic (exact) mass is 484 g/mol. The van der Waals surface area contributed by atoms with Gasteiger partial charge in [0.15, 0.2) is 0 Å². The molecule has 0 spiro atoms. The van der Waals surface area contributed by atoms with Crippen molar-refractivity contribution in [2.75, 3.05) is 5.75 Å². The molecular formula is C23H27Cl2FN2O2S. The summed E-state index contributed by atoms with van der Waals surface area (Å²) in [5.74, 6) is -0.129. The van der Waals surface area contributed by atoms with Gasteiger partial charge < -0.3 is 10.2 Å². The Balaban J connectivity index is 2.11. The first-order valence-electron chi connectivity index (χ1n) is 10.1. The number of nitrogens with one attached hydrogen (secondary N) is 1. The highest BCUT2D eigenvalue weighted by atomic mass is 35.5. The van der Waals surface area contributed by atoms with Crippen molar-refractivity contribution in [1.29, 1.82) is 0 Å². The lowest BCUT2D eigenvalue weighted by Crippen LogP contribution is -2.50. The van der Waals surface area contributed by atoms with Crippen LogP contribution in [0.25, 0.3) is 0 Å². The van der Waals surface area contributed by atoms with Gasteiger partial charge in [-0.1, -0.05) is 48.3 Å². The van der Waals surface area contributed by atoms with Crippen molar-refractivity contribution < 1.29 is 14.0 Å². The van der Waals surface area contributed by atoms with Crippen LogP contribution in [0.2, 0.25) is 10.0 Å². The molecule has 168 valence electrons. The molecule has 4 nitrogen and oxygen atoms in total. The van der Waals surface area contributed by atoms with Crippen LogP contribution in [-0.4, -0.2) is 34.6 Å². The Kier molecular flexibility index (Phi) is 10.1. The Bertz CT molecular complexity index is 875. The van der Waals surface area contributed by atoms with Crippen LogP contribution in [-0.2, 0) is 21.9 Å². The fourth-order valence-electron chi connectivity index (χ4n) is 2.83. The van der Waals surface area contributed by atoms with E-state index in [2.05, 4.69) is 5.32 Å². The molecule has 0 aliphatic carbocycles. The van der Waals surface area contributed by atoms with Gasteiger partial charge in [-0.15, -0.1) is 11.8 Å². The molecule has 2 aromatic rings. The minimum atomic E-state index is -0.670. The van der Waals surface area contributed by atoms with Crippen molar-refractivity contribution in [2.45, 2.75) is 51.6 Å². The SMILES string of the molecule is CC[C@H](C)NC(=O)[C@@H](C)N(Cc1ccc(F)cc1)C(=O)CSCc1c(Cl)cccc1Cl.